The quantitative estimate of drug-likeness (QED) is 0.178. The van der Waals surface area contributed by atoms with Gasteiger partial charge in [0.25, 0.3) is 5.91 Å². The van der Waals surface area contributed by atoms with Gasteiger partial charge in [0, 0.05) is 29.9 Å². The van der Waals surface area contributed by atoms with Crippen LogP contribution in [0.5, 0.6) is 5.75 Å². The molecule has 1 aliphatic heterocycles. The molecule has 2 amide bonds. The number of carbonyl (C=O) groups is 2. The maximum Gasteiger partial charge on any atom is 0.255 e. The van der Waals surface area contributed by atoms with E-state index in [2.05, 4.69) is 5.32 Å². The smallest absolute Gasteiger partial charge is 0.255 e. The molecule has 7 nitrogen and oxygen atoms in total. The van der Waals surface area contributed by atoms with Gasteiger partial charge < -0.3 is 28.9 Å². The second-order valence-corrected chi connectivity index (χ2v) is 15.6. The number of ether oxygens (including phenoxy) is 2. The summed E-state index contributed by atoms with van der Waals surface area (Å²) in [6.07, 6.45) is 0.871. The second kappa shape index (κ2) is 14.8. The summed E-state index contributed by atoms with van der Waals surface area (Å²) in [7, 11) is -1.56. The Labute approximate surface area is 255 Å². The molecular formula is C34H43FN2O5Si. The zero-order valence-electron chi connectivity index (χ0n) is 25.5. The number of nitrogens with one attached hydrogen (secondary N) is 1. The Kier molecular flexibility index (Phi) is 11.1. The molecule has 43 heavy (non-hydrogen) atoms. The lowest BCUT2D eigenvalue weighted by atomic mass is 9.95. The number of anilines is 1. The van der Waals surface area contributed by atoms with Crippen LogP contribution in [-0.2, 0) is 22.5 Å². The number of benzene rings is 3. The second-order valence-electron chi connectivity index (χ2n) is 11.8. The maximum absolute atomic E-state index is 15.6. The fourth-order valence-electron chi connectivity index (χ4n) is 6.10. The molecule has 0 radical (unpaired) electrons. The van der Waals surface area contributed by atoms with E-state index in [1.54, 1.807) is 49.4 Å². The third-order valence-corrected chi connectivity index (χ3v) is 10.8. The number of hydrogen-bond acceptors (Lipinski definition) is 5. The van der Waals surface area contributed by atoms with E-state index in [-0.39, 0.29) is 48.9 Å². The van der Waals surface area contributed by atoms with Gasteiger partial charge in [-0.15, -0.1) is 0 Å². The van der Waals surface area contributed by atoms with Crippen molar-refractivity contribution >= 4 is 25.9 Å². The summed E-state index contributed by atoms with van der Waals surface area (Å²) in [5, 5.41) is 12.5. The molecule has 1 fully saturated rings. The molecule has 1 heterocycles. The molecule has 2 N–H and O–H groups in total. The molecule has 3 aromatic carbocycles. The van der Waals surface area contributed by atoms with Crippen LogP contribution in [0.1, 0.15) is 41.3 Å². The SMILES string of the molecule is COc1ccc(C(=O)Nc2ccc(CC[C@@H]3O[C@H](CC(=O)N(CCO)Cc4ccccc4)[C@@H]([Si](C)(C)F)[C@@H]3C)cc2)cc1. The first kappa shape index (κ1) is 32.4. The highest BCUT2D eigenvalue weighted by Gasteiger charge is 2.51. The summed E-state index contributed by atoms with van der Waals surface area (Å²) in [5.41, 5.74) is 3.00. The van der Waals surface area contributed by atoms with E-state index < -0.39 is 14.5 Å². The molecule has 0 unspecified atom stereocenters. The largest absolute Gasteiger partial charge is 0.497 e. The predicted molar refractivity (Wildman–Crippen MR) is 169 cm³/mol. The first-order chi connectivity index (χ1) is 20.6. The van der Waals surface area contributed by atoms with Crippen LogP contribution in [0, 0.1) is 5.92 Å². The molecule has 4 rings (SSSR count). The van der Waals surface area contributed by atoms with E-state index in [1.165, 1.54) is 0 Å². The number of methoxy groups -OCH3 is 1. The maximum atomic E-state index is 15.6. The average Bonchev–Trinajstić information content (AvgIpc) is 3.31. The van der Waals surface area contributed by atoms with Gasteiger partial charge in [-0.1, -0.05) is 49.4 Å². The lowest BCUT2D eigenvalue weighted by Crippen LogP contribution is -2.40. The van der Waals surface area contributed by atoms with Gasteiger partial charge in [-0.05, 0) is 79.4 Å². The van der Waals surface area contributed by atoms with Crippen LogP contribution in [-0.4, -0.2) is 62.7 Å². The van der Waals surface area contributed by atoms with E-state index >= 15 is 4.11 Å². The summed E-state index contributed by atoms with van der Waals surface area (Å²) in [4.78, 5) is 27.6. The Bertz CT molecular complexity index is 1330. The summed E-state index contributed by atoms with van der Waals surface area (Å²) in [5.74, 6) is 0.337. The van der Waals surface area contributed by atoms with Crippen LogP contribution in [0.3, 0.4) is 0 Å². The fraction of sp³-hybridized carbons (Fsp3) is 0.412. The van der Waals surface area contributed by atoms with Gasteiger partial charge in [0.1, 0.15) is 5.75 Å². The molecule has 3 aromatic rings. The summed E-state index contributed by atoms with van der Waals surface area (Å²) in [6, 6.07) is 24.3. The summed E-state index contributed by atoms with van der Waals surface area (Å²) >= 11 is 0. The Morgan fingerprint density at radius 2 is 1.65 bits per heavy atom. The highest BCUT2D eigenvalue weighted by molar-refractivity contribution is 6.72. The van der Waals surface area contributed by atoms with Crippen LogP contribution in [0.25, 0.3) is 0 Å². The van der Waals surface area contributed by atoms with Crippen molar-refractivity contribution in [1.29, 1.82) is 0 Å². The number of aliphatic hydroxyl groups excluding tert-OH is 1. The van der Waals surface area contributed by atoms with Crippen LogP contribution in [0.4, 0.5) is 9.80 Å². The normalized spacial score (nSPS) is 20.0. The predicted octanol–water partition coefficient (Wildman–Crippen LogP) is 6.24. The van der Waals surface area contributed by atoms with Gasteiger partial charge in [-0.25, -0.2) is 0 Å². The van der Waals surface area contributed by atoms with Crippen LogP contribution in [0.15, 0.2) is 78.9 Å². The molecule has 0 bridgehead atoms. The van der Waals surface area contributed by atoms with Crippen LogP contribution < -0.4 is 10.1 Å². The summed E-state index contributed by atoms with van der Waals surface area (Å²) in [6.45, 7) is 5.92. The van der Waals surface area contributed by atoms with Crippen molar-refractivity contribution in [2.45, 2.75) is 63.6 Å². The van der Waals surface area contributed by atoms with Gasteiger partial charge in [0.15, 0.2) is 0 Å². The van der Waals surface area contributed by atoms with Crippen molar-refractivity contribution in [3.8, 4) is 5.75 Å². The average molecular weight is 607 g/mol. The highest BCUT2D eigenvalue weighted by atomic mass is 28.4. The highest BCUT2D eigenvalue weighted by Crippen LogP contribution is 2.47. The van der Waals surface area contributed by atoms with E-state index in [9.17, 15) is 14.7 Å². The standard InChI is InChI=1S/C34H43FN2O5Si/c1-24-30(19-12-25-10-15-28(16-11-25)36-34(40)27-13-17-29(41-2)18-14-27)42-31(33(24)43(3,4)35)22-32(39)37(20-21-38)23-26-8-6-5-7-9-26/h5-11,13-18,24,30-31,33,38H,12,19-23H2,1-4H3,(H,36,40)/t24-,30+,31-,33+/m1/s1. The number of aliphatic hydroxyl groups is 1. The number of carbonyl (C=O) groups excluding carboxylic acids is 2. The molecule has 0 aliphatic carbocycles. The number of aryl methyl sites for hydroxylation is 1. The number of nitrogens with zero attached hydrogens (tertiary/aromatic N) is 1. The van der Waals surface area contributed by atoms with E-state index in [0.717, 1.165) is 17.5 Å². The van der Waals surface area contributed by atoms with Gasteiger partial charge in [-0.3, -0.25) is 9.59 Å². The number of halogens is 1. The topological polar surface area (TPSA) is 88.1 Å². The zero-order valence-corrected chi connectivity index (χ0v) is 26.5. The van der Waals surface area contributed by atoms with E-state index in [4.69, 9.17) is 9.47 Å². The van der Waals surface area contributed by atoms with Crippen molar-refractivity contribution < 1.29 is 28.3 Å². The molecule has 1 saturated heterocycles. The van der Waals surface area contributed by atoms with Crippen molar-refractivity contribution in [2.75, 3.05) is 25.6 Å². The molecule has 1 aliphatic rings. The van der Waals surface area contributed by atoms with Gasteiger partial charge >= 0.3 is 0 Å². The first-order valence-electron chi connectivity index (χ1n) is 14.9. The fourth-order valence-corrected chi connectivity index (χ4v) is 8.65. The molecular weight excluding hydrogens is 563 g/mol. The minimum absolute atomic E-state index is 0.0204. The lowest BCUT2D eigenvalue weighted by molar-refractivity contribution is -0.135. The van der Waals surface area contributed by atoms with E-state index in [0.29, 0.717) is 30.0 Å². The molecule has 230 valence electrons. The number of hydrogen-bond donors (Lipinski definition) is 2. The van der Waals surface area contributed by atoms with Gasteiger partial charge in [-0.2, -0.15) is 0 Å². The van der Waals surface area contributed by atoms with Crippen molar-refractivity contribution in [3.63, 3.8) is 0 Å². The number of rotatable bonds is 13. The van der Waals surface area contributed by atoms with Crippen molar-refractivity contribution in [1.82, 2.24) is 4.90 Å². The summed E-state index contributed by atoms with van der Waals surface area (Å²) < 4.78 is 27.2. The monoisotopic (exact) mass is 606 g/mol. The molecule has 9 heteroatoms. The minimum Gasteiger partial charge on any atom is -0.497 e. The third-order valence-electron chi connectivity index (χ3n) is 8.29. The Morgan fingerprint density at radius 1 is 0.977 bits per heavy atom. The minimum atomic E-state index is -3.14. The Hall–Kier alpha value is -3.53. The Morgan fingerprint density at radius 3 is 2.26 bits per heavy atom. The van der Waals surface area contributed by atoms with Gasteiger partial charge in [0.2, 0.25) is 14.3 Å². The molecule has 0 saturated carbocycles. The number of amides is 2. The van der Waals surface area contributed by atoms with Gasteiger partial charge in [0.05, 0.1) is 32.3 Å². The third kappa shape index (κ3) is 8.75. The van der Waals surface area contributed by atoms with E-state index in [1.807, 2.05) is 61.5 Å². The Balaban J connectivity index is 1.36. The van der Waals surface area contributed by atoms with Crippen molar-refractivity contribution in [3.05, 3.63) is 95.6 Å². The molecule has 0 spiro atoms. The zero-order chi connectivity index (χ0) is 31.0. The molecule has 4 atom stereocenters. The van der Waals surface area contributed by atoms with Crippen molar-refractivity contribution in [2.24, 2.45) is 5.92 Å². The van der Waals surface area contributed by atoms with Crippen LogP contribution in [0.2, 0.25) is 18.6 Å². The molecule has 0 aromatic heterocycles. The first-order valence-corrected chi connectivity index (χ1v) is 17.9. The van der Waals surface area contributed by atoms with Crippen LogP contribution >= 0.6 is 0 Å². The lowest BCUT2D eigenvalue weighted by Gasteiger charge is -2.30.